The zero-order chi connectivity index (χ0) is 18.6. The summed E-state index contributed by atoms with van der Waals surface area (Å²) in [4.78, 5) is 25.3. The number of piperidine rings is 1. The molecule has 1 aliphatic heterocycles. The first-order valence-corrected chi connectivity index (χ1v) is 9.90. The molecule has 2 unspecified atom stereocenters. The van der Waals surface area contributed by atoms with Crippen molar-refractivity contribution >= 4 is 21.7 Å². The summed E-state index contributed by atoms with van der Waals surface area (Å²) >= 11 is 0. The molecule has 0 aliphatic carbocycles. The van der Waals surface area contributed by atoms with E-state index in [1.165, 1.54) is 43.3 Å². The first-order chi connectivity index (χ1) is 11.7. The van der Waals surface area contributed by atoms with E-state index >= 15 is 0 Å². The van der Waals surface area contributed by atoms with Gasteiger partial charge in [-0.15, -0.1) is 0 Å². The molecule has 0 aromatic heterocycles. The van der Waals surface area contributed by atoms with Gasteiger partial charge in [-0.2, -0.15) is 0 Å². The molecule has 25 heavy (non-hydrogen) atoms. The van der Waals surface area contributed by atoms with Gasteiger partial charge in [0.1, 0.15) is 5.75 Å². The fourth-order valence-electron chi connectivity index (χ4n) is 2.67. The number of sulfone groups is 1. The van der Waals surface area contributed by atoms with E-state index in [4.69, 9.17) is 0 Å². The molecule has 1 aromatic carbocycles. The predicted octanol–water partition coefficient (Wildman–Crippen LogP) is 0.276. The Morgan fingerprint density at radius 1 is 1.24 bits per heavy atom. The van der Waals surface area contributed by atoms with Gasteiger partial charge in [-0.05, 0) is 49.7 Å². The monoisotopic (exact) mass is 367 g/mol. The molecule has 1 saturated heterocycles. The summed E-state index contributed by atoms with van der Waals surface area (Å²) in [5.74, 6) is -0.943. The van der Waals surface area contributed by atoms with Gasteiger partial charge in [0.15, 0.2) is 9.84 Å². The molecule has 1 aromatic rings. The van der Waals surface area contributed by atoms with E-state index in [9.17, 15) is 18.0 Å². The summed E-state index contributed by atoms with van der Waals surface area (Å²) in [6.07, 6.45) is 0.867. The lowest BCUT2D eigenvalue weighted by Crippen LogP contribution is -2.48. The number of nitrogens with zero attached hydrogens (tertiary/aromatic N) is 1. The van der Waals surface area contributed by atoms with E-state index in [-0.39, 0.29) is 16.8 Å². The Kier molecular flexibility index (Phi) is 6.18. The van der Waals surface area contributed by atoms with E-state index in [0.29, 0.717) is 11.5 Å². The van der Waals surface area contributed by atoms with Gasteiger partial charge in [0.2, 0.25) is 5.91 Å². The zero-order valence-corrected chi connectivity index (χ0v) is 15.6. The SMILES string of the molecule is CC1CNCCC1NC(=O)c1ccc(S(=O)(=O)CC(=O)N(C)C)cc1. The molecule has 1 aliphatic rings. The van der Waals surface area contributed by atoms with Crippen molar-refractivity contribution in [2.24, 2.45) is 5.92 Å². The molecule has 7 nitrogen and oxygen atoms in total. The smallest absolute Gasteiger partial charge is 0.251 e. The minimum absolute atomic E-state index is 0.0366. The molecule has 2 atom stereocenters. The van der Waals surface area contributed by atoms with Crippen LogP contribution in [0.5, 0.6) is 0 Å². The third-order valence-corrected chi connectivity index (χ3v) is 6.01. The highest BCUT2D eigenvalue weighted by atomic mass is 32.2. The van der Waals surface area contributed by atoms with Crippen molar-refractivity contribution in [1.82, 2.24) is 15.5 Å². The van der Waals surface area contributed by atoms with Gasteiger partial charge < -0.3 is 15.5 Å². The first kappa shape index (κ1) is 19.4. The Hall–Kier alpha value is -1.93. The molecule has 0 bridgehead atoms. The fraction of sp³-hybridized carbons (Fsp3) is 0.529. The topological polar surface area (TPSA) is 95.6 Å². The Balaban J connectivity index is 2.06. The largest absolute Gasteiger partial charge is 0.349 e. The minimum Gasteiger partial charge on any atom is -0.349 e. The highest BCUT2D eigenvalue weighted by Crippen LogP contribution is 2.15. The summed E-state index contributed by atoms with van der Waals surface area (Å²) in [6.45, 7) is 3.81. The Morgan fingerprint density at radius 2 is 1.88 bits per heavy atom. The van der Waals surface area contributed by atoms with Crippen LogP contribution in [-0.4, -0.2) is 64.1 Å². The average molecular weight is 367 g/mol. The third kappa shape index (κ3) is 5.02. The van der Waals surface area contributed by atoms with Crippen molar-refractivity contribution in [3.63, 3.8) is 0 Å². The Bertz CT molecular complexity index is 729. The third-order valence-electron chi connectivity index (χ3n) is 4.39. The number of hydrogen-bond acceptors (Lipinski definition) is 5. The van der Waals surface area contributed by atoms with Crippen LogP contribution in [0.1, 0.15) is 23.7 Å². The van der Waals surface area contributed by atoms with Crippen LogP contribution in [0.25, 0.3) is 0 Å². The van der Waals surface area contributed by atoms with E-state index in [1.54, 1.807) is 0 Å². The molecule has 1 fully saturated rings. The highest BCUT2D eigenvalue weighted by molar-refractivity contribution is 7.92. The lowest BCUT2D eigenvalue weighted by molar-refractivity contribution is -0.125. The summed E-state index contributed by atoms with van der Waals surface area (Å²) < 4.78 is 24.5. The molecule has 2 N–H and O–H groups in total. The van der Waals surface area contributed by atoms with E-state index < -0.39 is 21.5 Å². The quantitative estimate of drug-likeness (QED) is 0.779. The second-order valence-electron chi connectivity index (χ2n) is 6.62. The van der Waals surface area contributed by atoms with Crippen LogP contribution in [-0.2, 0) is 14.6 Å². The van der Waals surface area contributed by atoms with Crippen LogP contribution in [0.2, 0.25) is 0 Å². The molecule has 0 spiro atoms. The molecule has 2 amide bonds. The fourth-order valence-corrected chi connectivity index (χ4v) is 3.97. The number of carbonyl (C=O) groups excluding carboxylic acids is 2. The number of carbonyl (C=O) groups is 2. The van der Waals surface area contributed by atoms with Crippen molar-refractivity contribution in [1.29, 1.82) is 0 Å². The molecule has 0 saturated carbocycles. The van der Waals surface area contributed by atoms with Crippen LogP contribution in [0.15, 0.2) is 29.2 Å². The van der Waals surface area contributed by atoms with Crippen LogP contribution in [0, 0.1) is 5.92 Å². The molecule has 2 rings (SSSR count). The van der Waals surface area contributed by atoms with Gasteiger partial charge in [-0.25, -0.2) is 8.42 Å². The van der Waals surface area contributed by atoms with E-state index in [1.807, 2.05) is 0 Å². The summed E-state index contributed by atoms with van der Waals surface area (Å²) in [5.41, 5.74) is 0.406. The van der Waals surface area contributed by atoms with Gasteiger partial charge in [0, 0.05) is 25.7 Å². The number of hydrogen-bond donors (Lipinski definition) is 2. The Labute approximate surface area is 148 Å². The van der Waals surface area contributed by atoms with Crippen LogP contribution >= 0.6 is 0 Å². The van der Waals surface area contributed by atoms with Gasteiger partial charge in [0.25, 0.3) is 5.91 Å². The second kappa shape index (κ2) is 7.97. The van der Waals surface area contributed by atoms with Crippen LogP contribution in [0.3, 0.4) is 0 Å². The van der Waals surface area contributed by atoms with Gasteiger partial charge in [-0.1, -0.05) is 6.92 Å². The molecular weight excluding hydrogens is 342 g/mol. The number of benzene rings is 1. The average Bonchev–Trinajstić information content (AvgIpc) is 2.56. The van der Waals surface area contributed by atoms with Crippen molar-refractivity contribution in [3.05, 3.63) is 29.8 Å². The Morgan fingerprint density at radius 3 is 2.44 bits per heavy atom. The van der Waals surface area contributed by atoms with Crippen molar-refractivity contribution in [2.75, 3.05) is 32.9 Å². The molecule has 138 valence electrons. The standard InChI is InChI=1S/C17H25N3O4S/c1-12-10-18-9-8-15(12)19-17(22)13-4-6-14(7-5-13)25(23,24)11-16(21)20(2)3/h4-7,12,15,18H,8-11H2,1-3H3,(H,19,22). The molecular formula is C17H25N3O4S. The second-order valence-corrected chi connectivity index (χ2v) is 8.61. The maximum Gasteiger partial charge on any atom is 0.251 e. The summed E-state index contributed by atoms with van der Waals surface area (Å²) in [6, 6.07) is 5.81. The lowest BCUT2D eigenvalue weighted by atomic mass is 9.95. The summed E-state index contributed by atoms with van der Waals surface area (Å²) in [7, 11) is -0.700. The van der Waals surface area contributed by atoms with Gasteiger partial charge in [0.05, 0.1) is 4.90 Å². The predicted molar refractivity (Wildman–Crippen MR) is 95.1 cm³/mol. The van der Waals surface area contributed by atoms with Crippen molar-refractivity contribution in [2.45, 2.75) is 24.3 Å². The number of nitrogens with one attached hydrogen (secondary N) is 2. The molecule has 0 radical (unpaired) electrons. The lowest BCUT2D eigenvalue weighted by Gasteiger charge is -2.30. The minimum atomic E-state index is -3.71. The van der Waals surface area contributed by atoms with E-state index in [0.717, 1.165) is 19.5 Å². The zero-order valence-electron chi connectivity index (χ0n) is 14.8. The van der Waals surface area contributed by atoms with Gasteiger partial charge in [-0.3, -0.25) is 9.59 Å². The van der Waals surface area contributed by atoms with Crippen molar-refractivity contribution in [3.8, 4) is 0 Å². The molecule has 1 heterocycles. The molecule has 8 heteroatoms. The highest BCUT2D eigenvalue weighted by Gasteiger charge is 2.24. The van der Waals surface area contributed by atoms with E-state index in [2.05, 4.69) is 17.6 Å². The maximum absolute atomic E-state index is 12.3. The number of rotatable bonds is 5. The van der Waals surface area contributed by atoms with Gasteiger partial charge >= 0.3 is 0 Å². The number of amides is 2. The van der Waals surface area contributed by atoms with Crippen molar-refractivity contribution < 1.29 is 18.0 Å². The first-order valence-electron chi connectivity index (χ1n) is 8.25. The van der Waals surface area contributed by atoms with Crippen LogP contribution < -0.4 is 10.6 Å². The van der Waals surface area contributed by atoms with Crippen LogP contribution in [0.4, 0.5) is 0 Å². The summed E-state index contributed by atoms with van der Waals surface area (Å²) in [5, 5.41) is 6.28. The normalized spacial score (nSPS) is 20.8. The maximum atomic E-state index is 12.3.